The summed E-state index contributed by atoms with van der Waals surface area (Å²) in [5, 5.41) is 3.05. The van der Waals surface area contributed by atoms with Gasteiger partial charge in [0.25, 0.3) is 0 Å². The molecule has 4 rings (SSSR count). The van der Waals surface area contributed by atoms with Gasteiger partial charge in [0.15, 0.2) is 0 Å². The zero-order valence-corrected chi connectivity index (χ0v) is 15.9. The standard InChI is InChI=1S/C17H25N7OS/c1-21-3-5-22(6-4-21)12-14(25)23-7-9-24(10-8-23)15-13-2-11-26-16(13)20-17(18)19-15/h2,11H,3-10,12H2,1H3,(H2,18,19,20). The van der Waals surface area contributed by atoms with Crippen molar-refractivity contribution in [1.29, 1.82) is 0 Å². The number of hydrogen-bond acceptors (Lipinski definition) is 8. The summed E-state index contributed by atoms with van der Waals surface area (Å²) in [6.45, 7) is 7.54. The monoisotopic (exact) mass is 375 g/mol. The van der Waals surface area contributed by atoms with Crippen molar-refractivity contribution in [3.8, 4) is 0 Å². The fraction of sp³-hybridized carbons (Fsp3) is 0.588. The Bertz CT molecular complexity index is 779. The maximum absolute atomic E-state index is 12.6. The van der Waals surface area contributed by atoms with Gasteiger partial charge in [-0.05, 0) is 18.5 Å². The molecule has 1 amide bonds. The molecule has 140 valence electrons. The number of nitrogen functional groups attached to an aromatic ring is 1. The molecule has 2 saturated heterocycles. The molecule has 0 aliphatic carbocycles. The van der Waals surface area contributed by atoms with Gasteiger partial charge < -0.3 is 20.4 Å². The van der Waals surface area contributed by atoms with Crippen LogP contribution in [0.15, 0.2) is 11.4 Å². The lowest BCUT2D eigenvalue weighted by Gasteiger charge is -2.37. The summed E-state index contributed by atoms with van der Waals surface area (Å²) in [4.78, 5) is 31.0. The van der Waals surface area contributed by atoms with Gasteiger partial charge in [-0.2, -0.15) is 4.98 Å². The van der Waals surface area contributed by atoms with Gasteiger partial charge >= 0.3 is 0 Å². The summed E-state index contributed by atoms with van der Waals surface area (Å²) in [5.41, 5.74) is 5.86. The van der Waals surface area contributed by atoms with Crippen molar-refractivity contribution < 1.29 is 4.79 Å². The molecule has 0 saturated carbocycles. The Morgan fingerprint density at radius 3 is 2.58 bits per heavy atom. The third kappa shape index (κ3) is 3.60. The molecule has 0 aromatic carbocycles. The Kier molecular flexibility index (Phi) is 4.92. The van der Waals surface area contributed by atoms with Crippen molar-refractivity contribution in [2.45, 2.75) is 0 Å². The van der Waals surface area contributed by atoms with Gasteiger partial charge in [0.05, 0.1) is 11.9 Å². The Hall–Kier alpha value is -1.97. The molecule has 26 heavy (non-hydrogen) atoms. The van der Waals surface area contributed by atoms with Crippen LogP contribution in [-0.4, -0.2) is 96.5 Å². The molecule has 2 aliphatic rings. The van der Waals surface area contributed by atoms with Crippen LogP contribution in [0.3, 0.4) is 0 Å². The SMILES string of the molecule is CN1CCN(CC(=O)N2CCN(c3nc(N)nc4sccc34)CC2)CC1. The van der Waals surface area contributed by atoms with Gasteiger partial charge in [-0.25, -0.2) is 4.98 Å². The molecule has 0 bridgehead atoms. The van der Waals surface area contributed by atoms with Crippen molar-refractivity contribution in [2.24, 2.45) is 0 Å². The van der Waals surface area contributed by atoms with E-state index in [1.54, 1.807) is 11.3 Å². The van der Waals surface area contributed by atoms with E-state index < -0.39 is 0 Å². The average molecular weight is 376 g/mol. The van der Waals surface area contributed by atoms with Crippen LogP contribution in [0.25, 0.3) is 10.2 Å². The van der Waals surface area contributed by atoms with Crippen molar-refractivity contribution >= 4 is 39.2 Å². The first-order valence-electron chi connectivity index (χ1n) is 9.04. The lowest BCUT2D eigenvalue weighted by atomic mass is 10.2. The molecule has 8 nitrogen and oxygen atoms in total. The van der Waals surface area contributed by atoms with Crippen molar-refractivity contribution in [3.05, 3.63) is 11.4 Å². The van der Waals surface area contributed by atoms with Crippen LogP contribution in [0, 0.1) is 0 Å². The largest absolute Gasteiger partial charge is 0.368 e. The van der Waals surface area contributed by atoms with Gasteiger partial charge in [-0.3, -0.25) is 9.69 Å². The number of nitrogens with two attached hydrogens (primary N) is 1. The van der Waals surface area contributed by atoms with Crippen LogP contribution in [0.5, 0.6) is 0 Å². The van der Waals surface area contributed by atoms with Crippen molar-refractivity contribution in [2.75, 3.05) is 76.6 Å². The second-order valence-corrected chi connectivity index (χ2v) is 7.89. The molecule has 2 aromatic rings. The Labute approximate surface area is 157 Å². The fourth-order valence-electron chi connectivity index (χ4n) is 3.56. The first-order valence-corrected chi connectivity index (χ1v) is 9.92. The summed E-state index contributed by atoms with van der Waals surface area (Å²) < 4.78 is 0. The topological polar surface area (TPSA) is 81.8 Å². The molecule has 0 atom stereocenters. The highest BCUT2D eigenvalue weighted by molar-refractivity contribution is 7.16. The zero-order valence-electron chi connectivity index (χ0n) is 15.1. The molecule has 4 heterocycles. The molecule has 2 N–H and O–H groups in total. The predicted molar refractivity (Wildman–Crippen MR) is 105 cm³/mol. The highest BCUT2D eigenvalue weighted by atomic mass is 32.1. The number of anilines is 2. The van der Waals surface area contributed by atoms with E-state index in [-0.39, 0.29) is 5.91 Å². The quantitative estimate of drug-likeness (QED) is 0.819. The van der Waals surface area contributed by atoms with Crippen LogP contribution >= 0.6 is 11.3 Å². The highest BCUT2D eigenvalue weighted by Crippen LogP contribution is 2.29. The molecule has 0 spiro atoms. The third-order valence-corrected chi connectivity index (χ3v) is 6.02. The number of carbonyl (C=O) groups excluding carboxylic acids is 1. The number of rotatable bonds is 3. The van der Waals surface area contributed by atoms with Crippen molar-refractivity contribution in [3.63, 3.8) is 0 Å². The molecule has 2 aliphatic heterocycles. The van der Waals surface area contributed by atoms with E-state index in [9.17, 15) is 4.79 Å². The van der Waals surface area contributed by atoms with Gasteiger partial charge in [-0.1, -0.05) is 0 Å². The van der Waals surface area contributed by atoms with E-state index in [4.69, 9.17) is 5.73 Å². The number of piperazine rings is 2. The summed E-state index contributed by atoms with van der Waals surface area (Å²) in [7, 11) is 2.13. The van der Waals surface area contributed by atoms with Crippen LogP contribution < -0.4 is 10.6 Å². The molecule has 2 aromatic heterocycles. The van der Waals surface area contributed by atoms with Gasteiger partial charge in [0.1, 0.15) is 10.6 Å². The molecule has 9 heteroatoms. The summed E-state index contributed by atoms with van der Waals surface area (Å²) >= 11 is 1.57. The normalized spacial score (nSPS) is 20.0. The minimum atomic E-state index is 0.233. The van der Waals surface area contributed by atoms with Crippen molar-refractivity contribution in [1.82, 2.24) is 24.7 Å². The van der Waals surface area contributed by atoms with E-state index in [0.29, 0.717) is 12.5 Å². The number of thiophene rings is 1. The fourth-order valence-corrected chi connectivity index (χ4v) is 4.33. The summed E-state index contributed by atoms with van der Waals surface area (Å²) in [6.07, 6.45) is 0. The zero-order chi connectivity index (χ0) is 18.1. The van der Waals surface area contributed by atoms with E-state index in [1.165, 1.54) is 0 Å². The number of carbonyl (C=O) groups is 1. The maximum atomic E-state index is 12.6. The minimum absolute atomic E-state index is 0.233. The van der Waals surface area contributed by atoms with Crippen LogP contribution in [0.4, 0.5) is 11.8 Å². The summed E-state index contributed by atoms with van der Waals surface area (Å²) in [5.74, 6) is 1.43. The van der Waals surface area contributed by atoms with Crippen LogP contribution in [0.2, 0.25) is 0 Å². The second-order valence-electron chi connectivity index (χ2n) is 6.99. The maximum Gasteiger partial charge on any atom is 0.236 e. The Morgan fingerprint density at radius 2 is 1.85 bits per heavy atom. The van der Waals surface area contributed by atoms with Crippen LogP contribution in [0.1, 0.15) is 0 Å². The number of fused-ring (bicyclic) bond motifs is 1. The Balaban J connectivity index is 1.36. The third-order valence-electron chi connectivity index (χ3n) is 5.21. The second kappa shape index (κ2) is 7.34. The molecule has 0 radical (unpaired) electrons. The molecule has 0 unspecified atom stereocenters. The van der Waals surface area contributed by atoms with E-state index >= 15 is 0 Å². The van der Waals surface area contributed by atoms with E-state index in [1.807, 2.05) is 16.3 Å². The number of amides is 1. The lowest BCUT2D eigenvalue weighted by Crippen LogP contribution is -2.53. The Morgan fingerprint density at radius 1 is 1.12 bits per heavy atom. The number of aromatic nitrogens is 2. The first kappa shape index (κ1) is 17.4. The number of nitrogens with zero attached hydrogens (tertiary/aromatic N) is 6. The number of hydrogen-bond donors (Lipinski definition) is 1. The van der Waals surface area contributed by atoms with Crippen LogP contribution in [-0.2, 0) is 4.79 Å². The van der Waals surface area contributed by atoms with Gasteiger partial charge in [0.2, 0.25) is 11.9 Å². The minimum Gasteiger partial charge on any atom is -0.368 e. The molecule has 2 fully saturated rings. The van der Waals surface area contributed by atoms with E-state index in [2.05, 4.69) is 31.7 Å². The lowest BCUT2D eigenvalue weighted by molar-refractivity contribution is -0.133. The molecular weight excluding hydrogens is 350 g/mol. The van der Waals surface area contributed by atoms with E-state index in [0.717, 1.165) is 68.4 Å². The highest BCUT2D eigenvalue weighted by Gasteiger charge is 2.25. The smallest absolute Gasteiger partial charge is 0.236 e. The average Bonchev–Trinajstić information content (AvgIpc) is 3.11. The molecular formula is C17H25N7OS. The predicted octanol–water partition coefficient (Wildman–Crippen LogP) is 0.170. The van der Waals surface area contributed by atoms with Gasteiger partial charge in [0, 0.05) is 52.4 Å². The van der Waals surface area contributed by atoms with Gasteiger partial charge in [-0.15, -0.1) is 11.3 Å². The number of likely N-dealkylation sites (N-methyl/N-ethyl adjacent to an activating group) is 1. The summed E-state index contributed by atoms with van der Waals surface area (Å²) in [6, 6.07) is 2.04. The first-order chi connectivity index (χ1) is 12.6.